The van der Waals surface area contributed by atoms with Crippen molar-refractivity contribution in [1.82, 2.24) is 25.1 Å². The van der Waals surface area contributed by atoms with E-state index in [1.54, 1.807) is 10.7 Å². The molecule has 1 aliphatic rings. The average molecular weight is 329 g/mol. The van der Waals surface area contributed by atoms with Gasteiger partial charge in [0.1, 0.15) is 12.4 Å². The molecule has 2 aromatic rings. The van der Waals surface area contributed by atoms with Crippen LogP contribution in [0.3, 0.4) is 0 Å². The van der Waals surface area contributed by atoms with Crippen LogP contribution in [0.1, 0.15) is 55.3 Å². The van der Waals surface area contributed by atoms with Crippen LogP contribution < -0.4 is 4.74 Å². The van der Waals surface area contributed by atoms with Crippen LogP contribution in [0.15, 0.2) is 24.3 Å². The Bertz CT molecular complexity index is 692. The second-order valence-electron chi connectivity index (χ2n) is 6.30. The van der Waals surface area contributed by atoms with Gasteiger partial charge in [0.25, 0.3) is 5.91 Å². The molecule has 128 valence electrons. The Morgan fingerprint density at radius 2 is 2.04 bits per heavy atom. The Balaban J connectivity index is 1.66. The van der Waals surface area contributed by atoms with E-state index in [-0.39, 0.29) is 18.6 Å². The topological polar surface area (TPSA) is 73.1 Å². The molecule has 1 fully saturated rings. The van der Waals surface area contributed by atoms with E-state index in [4.69, 9.17) is 4.74 Å². The van der Waals surface area contributed by atoms with Gasteiger partial charge in [0, 0.05) is 18.7 Å². The fourth-order valence-electron chi connectivity index (χ4n) is 2.85. The molecule has 3 rings (SSSR count). The predicted octanol–water partition coefficient (Wildman–Crippen LogP) is 2.46. The lowest BCUT2D eigenvalue weighted by Crippen LogP contribution is -2.35. The number of nitrogens with zero attached hydrogens (tertiary/aromatic N) is 5. The van der Waals surface area contributed by atoms with E-state index < -0.39 is 0 Å². The molecule has 1 amide bonds. The molecule has 1 aromatic carbocycles. The zero-order chi connectivity index (χ0) is 16.9. The van der Waals surface area contributed by atoms with Crippen molar-refractivity contribution in [2.24, 2.45) is 0 Å². The summed E-state index contributed by atoms with van der Waals surface area (Å²) in [6, 6.07) is 7.49. The molecule has 0 N–H and O–H groups in total. The Kier molecular flexibility index (Phi) is 5.08. The lowest BCUT2D eigenvalue weighted by Gasteiger charge is -2.26. The van der Waals surface area contributed by atoms with Gasteiger partial charge in [-0.15, -0.1) is 5.10 Å². The minimum Gasteiger partial charge on any atom is -0.486 e. The summed E-state index contributed by atoms with van der Waals surface area (Å²) in [5, 5.41) is 11.6. The van der Waals surface area contributed by atoms with E-state index in [0.717, 1.165) is 25.9 Å². The van der Waals surface area contributed by atoms with Crippen LogP contribution in [-0.2, 0) is 6.61 Å². The molecule has 1 aromatic heterocycles. The third kappa shape index (κ3) is 3.72. The first-order valence-electron chi connectivity index (χ1n) is 8.44. The van der Waals surface area contributed by atoms with E-state index in [9.17, 15) is 4.79 Å². The van der Waals surface area contributed by atoms with Gasteiger partial charge in [-0.05, 0) is 61.7 Å². The molecule has 1 saturated heterocycles. The fraction of sp³-hybridized carbons (Fsp3) is 0.529. The molecule has 2 heterocycles. The molecule has 24 heavy (non-hydrogen) atoms. The molecule has 7 nitrogen and oxygen atoms in total. The Morgan fingerprint density at radius 1 is 1.25 bits per heavy atom. The summed E-state index contributed by atoms with van der Waals surface area (Å²) in [4.78, 5) is 14.5. The molecule has 1 aliphatic heterocycles. The SMILES string of the molecule is CC(C)n1nnnc1COc1cccc(C(=O)N2CCCCC2)c1. The highest BCUT2D eigenvalue weighted by molar-refractivity contribution is 5.94. The normalized spacial score (nSPS) is 14.9. The highest BCUT2D eigenvalue weighted by atomic mass is 16.5. The van der Waals surface area contributed by atoms with Crippen LogP contribution in [-0.4, -0.2) is 44.1 Å². The van der Waals surface area contributed by atoms with Crippen molar-refractivity contribution < 1.29 is 9.53 Å². The number of likely N-dealkylation sites (tertiary alicyclic amines) is 1. The zero-order valence-electron chi connectivity index (χ0n) is 14.2. The van der Waals surface area contributed by atoms with Crippen LogP contribution in [0.5, 0.6) is 5.75 Å². The number of benzene rings is 1. The maximum absolute atomic E-state index is 12.6. The van der Waals surface area contributed by atoms with Crippen LogP contribution in [0.2, 0.25) is 0 Å². The van der Waals surface area contributed by atoms with E-state index >= 15 is 0 Å². The highest BCUT2D eigenvalue weighted by Gasteiger charge is 2.18. The molecule has 7 heteroatoms. The number of tetrazole rings is 1. The van der Waals surface area contributed by atoms with Gasteiger partial charge in [0.15, 0.2) is 5.82 Å². The maximum atomic E-state index is 12.6. The largest absolute Gasteiger partial charge is 0.486 e. The quantitative estimate of drug-likeness (QED) is 0.842. The van der Waals surface area contributed by atoms with Crippen LogP contribution in [0.4, 0.5) is 0 Å². The van der Waals surface area contributed by atoms with Crippen molar-refractivity contribution >= 4 is 5.91 Å². The zero-order valence-corrected chi connectivity index (χ0v) is 14.2. The third-order valence-electron chi connectivity index (χ3n) is 4.14. The fourth-order valence-corrected chi connectivity index (χ4v) is 2.85. The van der Waals surface area contributed by atoms with E-state index in [2.05, 4.69) is 15.5 Å². The molecular formula is C17H23N5O2. The molecule has 0 atom stereocenters. The lowest BCUT2D eigenvalue weighted by atomic mass is 10.1. The van der Waals surface area contributed by atoms with Gasteiger partial charge in [0.05, 0.1) is 6.04 Å². The summed E-state index contributed by atoms with van der Waals surface area (Å²) in [5.74, 6) is 1.39. The first-order valence-corrected chi connectivity index (χ1v) is 8.44. The van der Waals surface area contributed by atoms with E-state index in [1.165, 1.54) is 6.42 Å². The molecule has 0 aliphatic carbocycles. The van der Waals surface area contributed by atoms with Gasteiger partial charge >= 0.3 is 0 Å². The van der Waals surface area contributed by atoms with Gasteiger partial charge in [0.2, 0.25) is 0 Å². The summed E-state index contributed by atoms with van der Waals surface area (Å²) in [6.07, 6.45) is 3.37. The lowest BCUT2D eigenvalue weighted by molar-refractivity contribution is 0.0724. The summed E-state index contributed by atoms with van der Waals surface area (Å²) in [6.45, 7) is 5.97. The summed E-state index contributed by atoms with van der Waals surface area (Å²) < 4.78 is 7.51. The number of carbonyl (C=O) groups is 1. The number of amides is 1. The standard InChI is InChI=1S/C17H23N5O2/c1-13(2)22-16(18-19-20-22)12-24-15-8-6-7-14(11-15)17(23)21-9-4-3-5-10-21/h6-8,11,13H,3-5,9-10,12H2,1-2H3. The predicted molar refractivity (Wildman–Crippen MR) is 88.7 cm³/mol. The summed E-state index contributed by atoms with van der Waals surface area (Å²) in [5.41, 5.74) is 0.665. The summed E-state index contributed by atoms with van der Waals surface area (Å²) >= 11 is 0. The minimum absolute atomic E-state index is 0.0761. The van der Waals surface area contributed by atoms with Crippen molar-refractivity contribution in [3.8, 4) is 5.75 Å². The number of carbonyl (C=O) groups excluding carboxylic acids is 1. The third-order valence-corrected chi connectivity index (χ3v) is 4.14. The molecular weight excluding hydrogens is 306 g/mol. The van der Waals surface area contributed by atoms with Crippen molar-refractivity contribution in [2.75, 3.05) is 13.1 Å². The van der Waals surface area contributed by atoms with Crippen LogP contribution in [0, 0.1) is 0 Å². The van der Waals surface area contributed by atoms with Crippen molar-refractivity contribution in [3.05, 3.63) is 35.7 Å². The monoisotopic (exact) mass is 329 g/mol. The molecule has 0 unspecified atom stereocenters. The van der Waals surface area contributed by atoms with Crippen molar-refractivity contribution in [1.29, 1.82) is 0 Å². The smallest absolute Gasteiger partial charge is 0.253 e. The number of piperidine rings is 1. The number of rotatable bonds is 5. The van der Waals surface area contributed by atoms with Gasteiger partial charge in [-0.1, -0.05) is 6.07 Å². The average Bonchev–Trinajstić information content (AvgIpc) is 3.09. The number of ether oxygens (including phenoxy) is 1. The molecule has 0 saturated carbocycles. The summed E-state index contributed by atoms with van der Waals surface area (Å²) in [7, 11) is 0. The second-order valence-corrected chi connectivity index (χ2v) is 6.30. The number of aromatic nitrogens is 4. The Morgan fingerprint density at radius 3 is 2.79 bits per heavy atom. The molecule has 0 radical (unpaired) electrons. The van der Waals surface area contributed by atoms with Gasteiger partial charge in [-0.2, -0.15) is 0 Å². The maximum Gasteiger partial charge on any atom is 0.253 e. The first-order chi connectivity index (χ1) is 11.6. The van der Waals surface area contributed by atoms with E-state index in [1.807, 2.05) is 36.9 Å². The molecule has 0 spiro atoms. The van der Waals surface area contributed by atoms with Crippen molar-refractivity contribution in [2.45, 2.75) is 45.8 Å². The first kappa shape index (κ1) is 16.4. The van der Waals surface area contributed by atoms with Crippen LogP contribution >= 0.6 is 0 Å². The van der Waals surface area contributed by atoms with Crippen molar-refractivity contribution in [3.63, 3.8) is 0 Å². The molecule has 0 bridgehead atoms. The van der Waals surface area contributed by atoms with Gasteiger partial charge < -0.3 is 9.64 Å². The number of hydrogen-bond donors (Lipinski definition) is 0. The van der Waals surface area contributed by atoms with Gasteiger partial charge in [-0.25, -0.2) is 4.68 Å². The Labute approximate surface area is 141 Å². The second kappa shape index (κ2) is 7.42. The Hall–Kier alpha value is -2.44. The van der Waals surface area contributed by atoms with Crippen LogP contribution in [0.25, 0.3) is 0 Å². The number of hydrogen-bond acceptors (Lipinski definition) is 5. The highest BCUT2D eigenvalue weighted by Crippen LogP contribution is 2.18. The minimum atomic E-state index is 0.0761. The van der Waals surface area contributed by atoms with E-state index in [0.29, 0.717) is 17.1 Å². The van der Waals surface area contributed by atoms with Gasteiger partial charge in [-0.3, -0.25) is 4.79 Å².